The van der Waals surface area contributed by atoms with Crippen LogP contribution in [0.3, 0.4) is 0 Å². The van der Waals surface area contributed by atoms with Crippen molar-refractivity contribution in [1.82, 2.24) is 5.32 Å². The second-order valence-electron chi connectivity index (χ2n) is 4.75. The Balaban J connectivity index is 2.73. The SMILES string of the molecule is CCC(C)(C)c1c2cccc1C(=O)NC2=O. The van der Waals surface area contributed by atoms with Crippen molar-refractivity contribution in [2.45, 2.75) is 32.6 Å². The van der Waals surface area contributed by atoms with Crippen LogP contribution in [-0.2, 0) is 5.41 Å². The van der Waals surface area contributed by atoms with Crippen LogP contribution in [0.25, 0.3) is 0 Å². The standard InChI is InChI=1S/C13H15NO2/c1-4-13(2,3)10-8-6-5-7-9(10)12(16)14-11(8)15/h5-7H,4H2,1-3H3,(H,14,15,16). The van der Waals surface area contributed by atoms with E-state index in [1.807, 2.05) is 0 Å². The summed E-state index contributed by atoms with van der Waals surface area (Å²) in [5.74, 6) is -0.566. The summed E-state index contributed by atoms with van der Waals surface area (Å²) in [6.45, 7) is 6.17. The molecule has 0 fully saturated rings. The van der Waals surface area contributed by atoms with E-state index in [1.54, 1.807) is 18.2 Å². The van der Waals surface area contributed by atoms with E-state index < -0.39 is 0 Å². The fourth-order valence-corrected chi connectivity index (χ4v) is 2.07. The molecule has 0 aromatic heterocycles. The van der Waals surface area contributed by atoms with Crippen LogP contribution in [0.4, 0.5) is 0 Å². The lowest BCUT2D eigenvalue weighted by atomic mass is 9.75. The van der Waals surface area contributed by atoms with E-state index in [2.05, 4.69) is 26.1 Å². The fraction of sp³-hybridized carbons (Fsp3) is 0.385. The van der Waals surface area contributed by atoms with Gasteiger partial charge in [0.05, 0.1) is 0 Å². The summed E-state index contributed by atoms with van der Waals surface area (Å²) >= 11 is 0. The molecule has 1 N–H and O–H groups in total. The quantitative estimate of drug-likeness (QED) is 0.772. The number of carbonyl (C=O) groups excluding carboxylic acids is 2. The van der Waals surface area contributed by atoms with Crippen molar-refractivity contribution < 1.29 is 9.59 Å². The highest BCUT2D eigenvalue weighted by Gasteiger charge is 2.33. The van der Waals surface area contributed by atoms with Crippen LogP contribution in [0.5, 0.6) is 0 Å². The molecule has 1 aromatic carbocycles. The van der Waals surface area contributed by atoms with Crippen LogP contribution in [0.1, 0.15) is 53.5 Å². The molecule has 3 nitrogen and oxygen atoms in total. The van der Waals surface area contributed by atoms with Gasteiger partial charge < -0.3 is 0 Å². The summed E-state index contributed by atoms with van der Waals surface area (Å²) in [4.78, 5) is 23.4. The number of benzene rings is 1. The molecule has 2 rings (SSSR count). The molecule has 0 unspecified atom stereocenters. The van der Waals surface area contributed by atoms with Crippen LogP contribution >= 0.6 is 0 Å². The maximum absolute atomic E-state index is 11.7. The molecule has 2 amide bonds. The minimum absolute atomic E-state index is 0.153. The first-order valence-electron chi connectivity index (χ1n) is 5.46. The number of hydrogen-bond acceptors (Lipinski definition) is 2. The van der Waals surface area contributed by atoms with E-state index in [4.69, 9.17) is 0 Å². The number of hydrogen-bond donors (Lipinski definition) is 1. The van der Waals surface area contributed by atoms with Gasteiger partial charge in [-0.05, 0) is 29.5 Å². The van der Waals surface area contributed by atoms with Gasteiger partial charge in [-0.1, -0.05) is 26.8 Å². The van der Waals surface area contributed by atoms with Crippen molar-refractivity contribution in [2.75, 3.05) is 0 Å². The van der Waals surface area contributed by atoms with Gasteiger partial charge in [0.25, 0.3) is 11.8 Å². The van der Waals surface area contributed by atoms with Gasteiger partial charge in [0, 0.05) is 11.1 Å². The van der Waals surface area contributed by atoms with Gasteiger partial charge in [0.1, 0.15) is 0 Å². The molecule has 84 valence electrons. The Labute approximate surface area is 94.9 Å². The molecule has 0 atom stereocenters. The van der Waals surface area contributed by atoms with Crippen molar-refractivity contribution in [3.05, 3.63) is 34.9 Å². The first-order chi connectivity index (χ1) is 7.47. The molecular formula is C13H15NO2. The van der Waals surface area contributed by atoms with Crippen molar-refractivity contribution in [3.63, 3.8) is 0 Å². The second kappa shape index (κ2) is 3.44. The minimum atomic E-state index is -0.283. The monoisotopic (exact) mass is 217 g/mol. The molecule has 0 spiro atoms. The largest absolute Gasteiger partial charge is 0.288 e. The van der Waals surface area contributed by atoms with E-state index in [9.17, 15) is 9.59 Å². The number of imide groups is 1. The summed E-state index contributed by atoms with van der Waals surface area (Å²) in [6, 6.07) is 5.31. The van der Waals surface area contributed by atoms with E-state index in [0.29, 0.717) is 11.1 Å². The van der Waals surface area contributed by atoms with Crippen LogP contribution in [0.2, 0.25) is 0 Å². The van der Waals surface area contributed by atoms with Gasteiger partial charge in [-0.2, -0.15) is 0 Å². The lowest BCUT2D eigenvalue weighted by Crippen LogP contribution is -2.40. The van der Waals surface area contributed by atoms with Crippen LogP contribution in [0.15, 0.2) is 18.2 Å². The maximum atomic E-state index is 11.7. The fourth-order valence-electron chi connectivity index (χ4n) is 2.07. The topological polar surface area (TPSA) is 46.2 Å². The number of fused-ring (bicyclic) bond motifs is 2. The Hall–Kier alpha value is -1.64. The van der Waals surface area contributed by atoms with Gasteiger partial charge in [-0.15, -0.1) is 0 Å². The lowest BCUT2D eigenvalue weighted by Gasteiger charge is -2.30. The first-order valence-corrected chi connectivity index (χ1v) is 5.46. The van der Waals surface area contributed by atoms with Crippen molar-refractivity contribution >= 4 is 11.8 Å². The van der Waals surface area contributed by atoms with Crippen molar-refractivity contribution in [2.24, 2.45) is 0 Å². The van der Waals surface area contributed by atoms with Gasteiger partial charge in [-0.25, -0.2) is 0 Å². The minimum Gasteiger partial charge on any atom is -0.288 e. The van der Waals surface area contributed by atoms with Crippen LogP contribution < -0.4 is 5.32 Å². The number of carbonyl (C=O) groups is 2. The molecule has 3 heteroatoms. The highest BCUT2D eigenvalue weighted by Crippen LogP contribution is 2.34. The smallest absolute Gasteiger partial charge is 0.258 e. The molecule has 0 saturated carbocycles. The van der Waals surface area contributed by atoms with Crippen molar-refractivity contribution in [3.8, 4) is 0 Å². The Kier molecular flexibility index (Phi) is 2.34. The Bertz CT molecular complexity index is 443. The van der Waals surface area contributed by atoms with Crippen molar-refractivity contribution in [1.29, 1.82) is 0 Å². The van der Waals surface area contributed by atoms with E-state index in [-0.39, 0.29) is 17.2 Å². The zero-order chi connectivity index (χ0) is 11.9. The van der Waals surface area contributed by atoms with Gasteiger partial charge in [-0.3, -0.25) is 14.9 Å². The number of nitrogens with one attached hydrogen (secondary N) is 1. The third kappa shape index (κ3) is 1.43. The van der Waals surface area contributed by atoms with Gasteiger partial charge in [0.15, 0.2) is 0 Å². The molecule has 16 heavy (non-hydrogen) atoms. The summed E-state index contributed by atoms with van der Waals surface area (Å²) in [6.07, 6.45) is 0.886. The molecule has 1 heterocycles. The predicted molar refractivity (Wildman–Crippen MR) is 61.6 cm³/mol. The molecule has 1 aromatic rings. The van der Waals surface area contributed by atoms with E-state index >= 15 is 0 Å². The highest BCUT2D eigenvalue weighted by atomic mass is 16.2. The molecule has 1 aliphatic rings. The Morgan fingerprint density at radius 3 is 2.06 bits per heavy atom. The first kappa shape index (κ1) is 10.9. The third-order valence-electron chi connectivity index (χ3n) is 3.34. The maximum Gasteiger partial charge on any atom is 0.258 e. The molecular weight excluding hydrogens is 202 g/mol. The zero-order valence-corrected chi connectivity index (χ0v) is 9.76. The molecule has 1 aliphatic heterocycles. The number of rotatable bonds is 2. The normalized spacial score (nSPS) is 14.9. The van der Waals surface area contributed by atoms with Crippen LogP contribution in [0, 0.1) is 0 Å². The Morgan fingerprint density at radius 1 is 1.12 bits per heavy atom. The highest BCUT2D eigenvalue weighted by molar-refractivity contribution is 6.16. The summed E-state index contributed by atoms with van der Waals surface area (Å²) < 4.78 is 0. The van der Waals surface area contributed by atoms with E-state index in [0.717, 1.165) is 12.0 Å². The van der Waals surface area contributed by atoms with Crippen LogP contribution in [-0.4, -0.2) is 11.8 Å². The third-order valence-corrected chi connectivity index (χ3v) is 3.34. The number of amides is 2. The molecule has 0 radical (unpaired) electrons. The van der Waals surface area contributed by atoms with Gasteiger partial charge >= 0.3 is 0 Å². The summed E-state index contributed by atoms with van der Waals surface area (Å²) in [5.41, 5.74) is 1.98. The average Bonchev–Trinajstić information content (AvgIpc) is 2.26. The molecule has 0 saturated heterocycles. The second-order valence-corrected chi connectivity index (χ2v) is 4.75. The van der Waals surface area contributed by atoms with E-state index in [1.165, 1.54) is 0 Å². The Morgan fingerprint density at radius 2 is 1.62 bits per heavy atom. The summed E-state index contributed by atoms with van der Waals surface area (Å²) in [7, 11) is 0. The molecule has 2 bridgehead atoms. The average molecular weight is 217 g/mol. The summed E-state index contributed by atoms with van der Waals surface area (Å²) in [5, 5.41) is 2.35. The molecule has 0 aliphatic carbocycles. The van der Waals surface area contributed by atoms with Gasteiger partial charge in [0.2, 0.25) is 0 Å². The predicted octanol–water partition coefficient (Wildman–Crippen LogP) is 2.26. The lowest BCUT2D eigenvalue weighted by molar-refractivity contribution is 0.0835. The zero-order valence-electron chi connectivity index (χ0n) is 9.76.